The number of rotatable bonds is 3. The van der Waals surface area contributed by atoms with Crippen molar-refractivity contribution in [1.29, 1.82) is 0 Å². The SMILES string of the molecule is CCSc1nc2cccnc2c(=O)n1-c1ccccc1Cl. The van der Waals surface area contributed by atoms with Crippen molar-refractivity contribution in [2.24, 2.45) is 0 Å². The van der Waals surface area contributed by atoms with Gasteiger partial charge in [0, 0.05) is 6.20 Å². The van der Waals surface area contributed by atoms with Crippen LogP contribution in [-0.2, 0) is 0 Å². The molecular weight excluding hydrogens is 306 g/mol. The number of benzene rings is 1. The molecule has 1 aromatic carbocycles. The summed E-state index contributed by atoms with van der Waals surface area (Å²) in [7, 11) is 0. The van der Waals surface area contributed by atoms with Gasteiger partial charge in [-0.3, -0.25) is 9.36 Å². The average molecular weight is 318 g/mol. The molecule has 3 aromatic rings. The van der Waals surface area contributed by atoms with Gasteiger partial charge < -0.3 is 0 Å². The molecule has 0 unspecified atom stereocenters. The topological polar surface area (TPSA) is 47.8 Å². The van der Waals surface area contributed by atoms with E-state index in [0.29, 0.717) is 26.9 Å². The molecule has 0 bridgehead atoms. The minimum atomic E-state index is -0.204. The van der Waals surface area contributed by atoms with E-state index in [-0.39, 0.29) is 5.56 Å². The van der Waals surface area contributed by atoms with Gasteiger partial charge >= 0.3 is 0 Å². The van der Waals surface area contributed by atoms with E-state index in [2.05, 4.69) is 9.97 Å². The second-order valence-corrected chi connectivity index (χ2v) is 5.93. The normalized spacial score (nSPS) is 11.0. The Balaban J connectivity index is 2.40. The minimum Gasteiger partial charge on any atom is -0.266 e. The van der Waals surface area contributed by atoms with Crippen LogP contribution >= 0.6 is 23.4 Å². The Kier molecular flexibility index (Phi) is 3.94. The van der Waals surface area contributed by atoms with Gasteiger partial charge in [0.2, 0.25) is 0 Å². The molecule has 0 saturated carbocycles. The standard InChI is InChI=1S/C15H12ClN3OS/c1-2-21-15-18-11-7-5-9-17-13(11)14(20)19(15)12-8-4-3-6-10(12)16/h3-9H,2H2,1H3. The van der Waals surface area contributed by atoms with Gasteiger partial charge in [-0.05, 0) is 30.0 Å². The molecule has 2 heterocycles. The predicted molar refractivity (Wildman–Crippen MR) is 86.5 cm³/mol. The highest BCUT2D eigenvalue weighted by atomic mass is 35.5. The first-order valence-corrected chi connectivity index (χ1v) is 7.84. The van der Waals surface area contributed by atoms with E-state index in [1.54, 1.807) is 30.5 Å². The molecule has 0 aliphatic rings. The Morgan fingerprint density at radius 2 is 2.05 bits per heavy atom. The molecule has 0 amide bonds. The molecule has 0 atom stereocenters. The zero-order valence-electron chi connectivity index (χ0n) is 11.3. The lowest BCUT2D eigenvalue weighted by Crippen LogP contribution is -2.22. The molecule has 0 aliphatic heterocycles. The van der Waals surface area contributed by atoms with E-state index in [4.69, 9.17) is 11.6 Å². The fourth-order valence-corrected chi connectivity index (χ4v) is 3.02. The molecule has 0 N–H and O–H groups in total. The van der Waals surface area contributed by atoms with Crippen molar-refractivity contribution in [2.45, 2.75) is 12.1 Å². The van der Waals surface area contributed by atoms with E-state index < -0.39 is 0 Å². The van der Waals surface area contributed by atoms with Gasteiger partial charge in [-0.15, -0.1) is 0 Å². The Hall–Kier alpha value is -1.85. The Morgan fingerprint density at radius 3 is 2.81 bits per heavy atom. The first-order chi connectivity index (χ1) is 10.2. The van der Waals surface area contributed by atoms with Gasteiger partial charge in [0.25, 0.3) is 5.56 Å². The van der Waals surface area contributed by atoms with Crippen LogP contribution in [-0.4, -0.2) is 20.3 Å². The summed E-state index contributed by atoms with van der Waals surface area (Å²) in [6.45, 7) is 2.02. The monoisotopic (exact) mass is 317 g/mol. The van der Waals surface area contributed by atoms with Crippen molar-refractivity contribution < 1.29 is 0 Å². The first kappa shape index (κ1) is 14.1. The smallest absolute Gasteiger partial charge is 0.266 e. The summed E-state index contributed by atoms with van der Waals surface area (Å²) in [5.41, 5.74) is 1.37. The van der Waals surface area contributed by atoms with Crippen LogP contribution in [0.3, 0.4) is 0 Å². The molecule has 0 radical (unpaired) electrons. The van der Waals surface area contributed by atoms with Crippen LogP contribution in [0.25, 0.3) is 16.7 Å². The molecule has 2 aromatic heterocycles. The summed E-state index contributed by atoms with van der Waals surface area (Å²) in [4.78, 5) is 21.5. The van der Waals surface area contributed by atoms with Gasteiger partial charge in [0.05, 0.1) is 16.2 Å². The van der Waals surface area contributed by atoms with Crippen molar-refractivity contribution in [2.75, 3.05) is 5.75 Å². The highest BCUT2D eigenvalue weighted by molar-refractivity contribution is 7.99. The lowest BCUT2D eigenvalue weighted by Gasteiger charge is -2.13. The van der Waals surface area contributed by atoms with Crippen LogP contribution in [0.4, 0.5) is 0 Å². The van der Waals surface area contributed by atoms with E-state index in [1.165, 1.54) is 16.3 Å². The second kappa shape index (κ2) is 5.87. The van der Waals surface area contributed by atoms with E-state index >= 15 is 0 Å². The molecule has 3 rings (SSSR count). The largest absolute Gasteiger partial charge is 0.285 e. The summed E-state index contributed by atoms with van der Waals surface area (Å²) in [5, 5.41) is 1.13. The van der Waals surface area contributed by atoms with Crippen molar-refractivity contribution in [1.82, 2.24) is 14.5 Å². The van der Waals surface area contributed by atoms with Gasteiger partial charge in [-0.1, -0.05) is 42.4 Å². The van der Waals surface area contributed by atoms with Crippen LogP contribution in [0.15, 0.2) is 52.5 Å². The predicted octanol–water partition coefficient (Wildman–Crippen LogP) is 3.55. The number of hydrogen-bond donors (Lipinski definition) is 0. The molecule has 0 aliphatic carbocycles. The third kappa shape index (κ3) is 2.54. The second-order valence-electron chi connectivity index (χ2n) is 4.29. The number of para-hydroxylation sites is 1. The fraction of sp³-hybridized carbons (Fsp3) is 0.133. The fourth-order valence-electron chi connectivity index (χ4n) is 2.07. The first-order valence-electron chi connectivity index (χ1n) is 6.48. The highest BCUT2D eigenvalue weighted by Gasteiger charge is 2.15. The summed E-state index contributed by atoms with van der Waals surface area (Å²) in [6.07, 6.45) is 1.59. The molecule has 6 heteroatoms. The third-order valence-corrected chi connectivity index (χ3v) is 4.11. The van der Waals surface area contributed by atoms with Crippen LogP contribution in [0.2, 0.25) is 5.02 Å². The molecular formula is C15H12ClN3OS. The minimum absolute atomic E-state index is 0.204. The zero-order chi connectivity index (χ0) is 14.8. The van der Waals surface area contributed by atoms with Gasteiger partial charge in [0.15, 0.2) is 10.7 Å². The molecule has 106 valence electrons. The Morgan fingerprint density at radius 1 is 1.24 bits per heavy atom. The van der Waals surface area contributed by atoms with Crippen molar-refractivity contribution in [3.63, 3.8) is 0 Å². The van der Waals surface area contributed by atoms with Crippen LogP contribution in [0, 0.1) is 0 Å². The molecule has 0 fully saturated rings. The van der Waals surface area contributed by atoms with E-state index in [1.807, 2.05) is 19.1 Å². The average Bonchev–Trinajstić information content (AvgIpc) is 2.49. The van der Waals surface area contributed by atoms with Gasteiger partial charge in [0.1, 0.15) is 0 Å². The maximum Gasteiger partial charge on any atom is 0.285 e. The van der Waals surface area contributed by atoms with Gasteiger partial charge in [-0.25, -0.2) is 9.97 Å². The zero-order valence-corrected chi connectivity index (χ0v) is 12.9. The van der Waals surface area contributed by atoms with Crippen molar-refractivity contribution >= 4 is 34.4 Å². The quantitative estimate of drug-likeness (QED) is 0.547. The number of hydrogen-bond acceptors (Lipinski definition) is 4. The summed E-state index contributed by atoms with van der Waals surface area (Å²) >= 11 is 7.74. The van der Waals surface area contributed by atoms with Crippen molar-refractivity contribution in [3.05, 3.63) is 58.0 Å². The maximum atomic E-state index is 12.8. The number of aromatic nitrogens is 3. The summed E-state index contributed by atoms with van der Waals surface area (Å²) in [6, 6.07) is 10.8. The summed E-state index contributed by atoms with van der Waals surface area (Å²) in [5.74, 6) is 0.808. The van der Waals surface area contributed by atoms with E-state index in [9.17, 15) is 4.79 Å². The van der Waals surface area contributed by atoms with Crippen LogP contribution < -0.4 is 5.56 Å². The van der Waals surface area contributed by atoms with Gasteiger partial charge in [-0.2, -0.15) is 0 Å². The number of fused-ring (bicyclic) bond motifs is 1. The number of thioether (sulfide) groups is 1. The molecule has 21 heavy (non-hydrogen) atoms. The molecule has 4 nitrogen and oxygen atoms in total. The van der Waals surface area contributed by atoms with Crippen molar-refractivity contribution in [3.8, 4) is 5.69 Å². The summed E-state index contributed by atoms with van der Waals surface area (Å²) < 4.78 is 1.53. The Labute approximate surface area is 130 Å². The maximum absolute atomic E-state index is 12.8. The van der Waals surface area contributed by atoms with E-state index in [0.717, 1.165) is 5.75 Å². The van der Waals surface area contributed by atoms with Crippen LogP contribution in [0.1, 0.15) is 6.92 Å². The molecule has 0 saturated heterocycles. The highest BCUT2D eigenvalue weighted by Crippen LogP contribution is 2.24. The third-order valence-electron chi connectivity index (χ3n) is 2.97. The lowest BCUT2D eigenvalue weighted by atomic mass is 10.3. The molecule has 0 spiro atoms. The number of halogens is 1. The lowest BCUT2D eigenvalue weighted by molar-refractivity contribution is 0.816. The Bertz CT molecular complexity index is 863. The van der Waals surface area contributed by atoms with Crippen LogP contribution in [0.5, 0.6) is 0 Å². The number of pyridine rings is 1. The number of nitrogens with zero attached hydrogens (tertiary/aromatic N) is 3.